The number of amides is 3. The second kappa shape index (κ2) is 18.1. The number of nitro groups is 1. The lowest BCUT2D eigenvalue weighted by atomic mass is 9.99. The van der Waals surface area contributed by atoms with E-state index in [0.717, 1.165) is 28.9 Å². The second-order valence-corrected chi connectivity index (χ2v) is 18.9. The van der Waals surface area contributed by atoms with Gasteiger partial charge in [-0.25, -0.2) is 14.7 Å². The Morgan fingerprint density at radius 1 is 0.905 bits per heavy atom. The summed E-state index contributed by atoms with van der Waals surface area (Å²) < 4.78 is 29.0. The van der Waals surface area contributed by atoms with E-state index in [1.54, 1.807) is 23.1 Å². The minimum Gasteiger partial charge on any atom is -0.493 e. The van der Waals surface area contributed by atoms with Crippen LogP contribution in [0.2, 0.25) is 0 Å². The van der Waals surface area contributed by atoms with E-state index >= 15 is 0 Å². The number of hydrogen-bond donors (Lipinski definition) is 1. The predicted molar refractivity (Wildman–Crippen MR) is 233 cm³/mol. The SMILES string of the molecule is C=C1C[C@H]2C(=O)Cc3cc(OCCCCCOc4cc5c(cc4OC)C(=O)N4CC(=C)C[C@H]4[C@H](O)N5C(=O)OCC4(SSc5ccc([N+](=O)[O-])cn5)CC4)c(OC)cc3C(=O)N2C1. The summed E-state index contributed by atoms with van der Waals surface area (Å²) in [5.41, 5.74) is 2.78. The van der Waals surface area contributed by atoms with Gasteiger partial charge in [0.25, 0.3) is 17.5 Å². The predicted octanol–water partition coefficient (Wildman–Crippen LogP) is 6.55. The fourth-order valence-corrected chi connectivity index (χ4v) is 10.8. The minimum atomic E-state index is -1.46. The van der Waals surface area contributed by atoms with Crippen molar-refractivity contribution in [1.29, 1.82) is 0 Å². The zero-order valence-corrected chi connectivity index (χ0v) is 36.5. The number of anilines is 1. The Hall–Kier alpha value is -5.79. The van der Waals surface area contributed by atoms with Gasteiger partial charge in [0.1, 0.15) is 17.8 Å². The van der Waals surface area contributed by atoms with Crippen molar-refractivity contribution in [2.24, 2.45) is 0 Å². The van der Waals surface area contributed by atoms with E-state index in [2.05, 4.69) is 18.1 Å². The van der Waals surface area contributed by atoms with Crippen LogP contribution in [0.25, 0.3) is 0 Å². The molecule has 1 N–H and O–H groups in total. The van der Waals surface area contributed by atoms with Crippen LogP contribution in [0.5, 0.6) is 23.0 Å². The van der Waals surface area contributed by atoms with Gasteiger partial charge in [-0.3, -0.25) is 24.5 Å². The molecule has 19 heteroatoms. The summed E-state index contributed by atoms with van der Waals surface area (Å²) in [6.45, 7) is 9.20. The highest BCUT2D eigenvalue weighted by atomic mass is 33.1. The summed E-state index contributed by atoms with van der Waals surface area (Å²) in [6.07, 6.45) is 3.24. The molecular weight excluding hydrogens is 855 g/mol. The van der Waals surface area contributed by atoms with Crippen LogP contribution in [-0.4, -0.2) is 119 Å². The molecule has 3 aromatic rings. The number of carbonyl (C=O) groups excluding carboxylic acids is 4. The van der Waals surface area contributed by atoms with Gasteiger partial charge in [-0.05, 0) is 85.6 Å². The molecule has 0 bridgehead atoms. The largest absolute Gasteiger partial charge is 0.493 e. The van der Waals surface area contributed by atoms with Crippen molar-refractivity contribution in [1.82, 2.24) is 14.8 Å². The topological polar surface area (TPSA) is 200 Å². The van der Waals surface area contributed by atoms with Crippen LogP contribution < -0.4 is 23.8 Å². The van der Waals surface area contributed by atoms with Crippen molar-refractivity contribution in [3.63, 3.8) is 0 Å². The molecule has 5 heterocycles. The first kappa shape index (κ1) is 43.8. The maximum atomic E-state index is 14.1. The number of aliphatic hydroxyl groups is 1. The van der Waals surface area contributed by atoms with Gasteiger partial charge >= 0.3 is 6.09 Å². The molecule has 1 aromatic heterocycles. The van der Waals surface area contributed by atoms with Crippen LogP contribution in [0.3, 0.4) is 0 Å². The molecule has 3 amide bonds. The zero-order valence-electron chi connectivity index (χ0n) is 34.9. The average molecular weight is 902 g/mol. The number of ether oxygens (including phenoxy) is 5. The number of fused-ring (bicyclic) bond motifs is 4. The normalized spacial score (nSPS) is 20.9. The third-order valence-corrected chi connectivity index (χ3v) is 15.0. The number of aliphatic hydroxyl groups excluding tert-OH is 1. The molecule has 5 aliphatic rings. The van der Waals surface area contributed by atoms with Gasteiger partial charge in [0.15, 0.2) is 35.0 Å². The maximum absolute atomic E-state index is 14.1. The van der Waals surface area contributed by atoms with E-state index < -0.39 is 40.0 Å². The van der Waals surface area contributed by atoms with Crippen LogP contribution in [0.15, 0.2) is 71.9 Å². The van der Waals surface area contributed by atoms with Crippen molar-refractivity contribution in [2.45, 2.75) is 79.5 Å². The number of pyridine rings is 1. The number of unbranched alkanes of at least 4 members (excludes halogenated alkanes) is 2. The van der Waals surface area contributed by atoms with Gasteiger partial charge in [0.2, 0.25) is 0 Å². The van der Waals surface area contributed by atoms with Gasteiger partial charge < -0.3 is 38.6 Å². The second-order valence-electron chi connectivity index (χ2n) is 16.2. The summed E-state index contributed by atoms with van der Waals surface area (Å²) in [4.78, 5) is 73.4. The van der Waals surface area contributed by atoms with Gasteiger partial charge in [0, 0.05) is 37.2 Å². The molecule has 0 spiro atoms. The van der Waals surface area contributed by atoms with E-state index in [9.17, 15) is 34.4 Å². The highest BCUT2D eigenvalue weighted by Gasteiger charge is 2.49. The fraction of sp³-hybridized carbons (Fsp3) is 0.432. The van der Waals surface area contributed by atoms with E-state index in [1.165, 1.54) is 65.1 Å². The van der Waals surface area contributed by atoms with Crippen molar-refractivity contribution < 1.29 is 52.9 Å². The Labute approximate surface area is 371 Å². The first-order chi connectivity index (χ1) is 30.3. The molecule has 17 nitrogen and oxygen atoms in total. The first-order valence-corrected chi connectivity index (χ1v) is 22.7. The molecule has 3 atom stereocenters. The molecule has 0 unspecified atom stereocenters. The van der Waals surface area contributed by atoms with Crippen molar-refractivity contribution in [3.8, 4) is 23.0 Å². The molecule has 1 saturated carbocycles. The van der Waals surface area contributed by atoms with Gasteiger partial charge in [-0.2, -0.15) is 0 Å². The van der Waals surface area contributed by atoms with Gasteiger partial charge in [0.05, 0.1) is 60.4 Å². The van der Waals surface area contributed by atoms with E-state index in [4.69, 9.17) is 23.7 Å². The van der Waals surface area contributed by atoms with Crippen molar-refractivity contribution in [2.75, 3.05) is 52.0 Å². The number of ketones is 1. The monoisotopic (exact) mass is 901 g/mol. The summed E-state index contributed by atoms with van der Waals surface area (Å²) in [7, 11) is 5.75. The fourth-order valence-electron chi connectivity index (χ4n) is 8.23. The maximum Gasteiger partial charge on any atom is 0.416 e. The highest BCUT2D eigenvalue weighted by molar-refractivity contribution is 8.77. The number of Topliss-reactive ketones (excluding diaryl/α,β-unsaturated/α-hetero) is 1. The number of hydrogen-bond acceptors (Lipinski definition) is 15. The van der Waals surface area contributed by atoms with E-state index in [1.807, 2.05) is 0 Å². The number of aromatic nitrogens is 1. The quantitative estimate of drug-likeness (QED) is 0.0533. The molecule has 8 rings (SSSR count). The number of carbonyl (C=O) groups is 4. The standard InChI is InChI=1S/C44H47N5O12S2/c1-25-14-32-34(50)16-27-17-37(35(57-3)18-29(27)40(51)46(32)22-25)59-12-6-5-7-13-60-38-20-31-30(19-36(38)58-4)41(52)47-23-26(2)15-33(47)42(53)48(31)43(54)61-24-44(10-11-44)63-62-39-9-8-28(21-45-39)49(55)56/h8-9,17-21,32-33,42,53H,1-2,5-7,10-16,22-24H2,3-4H3/t32-,33-,42-/m0/s1. The molecule has 2 saturated heterocycles. The van der Waals surface area contributed by atoms with Crippen LogP contribution in [-0.2, 0) is 16.0 Å². The van der Waals surface area contributed by atoms with Gasteiger partial charge in [-0.1, -0.05) is 35.1 Å². The smallest absolute Gasteiger partial charge is 0.416 e. The highest BCUT2D eigenvalue weighted by Crippen LogP contribution is 2.55. The van der Waals surface area contributed by atoms with Crippen LogP contribution in [0.1, 0.15) is 71.2 Å². The van der Waals surface area contributed by atoms with Crippen LogP contribution in [0, 0.1) is 10.1 Å². The lowest BCUT2D eigenvalue weighted by Crippen LogP contribution is -2.51. The average Bonchev–Trinajstić information content (AvgIpc) is 3.82. The number of methoxy groups -OCH3 is 2. The minimum absolute atomic E-state index is 0.0157. The first-order valence-electron chi connectivity index (χ1n) is 20.6. The molecule has 0 radical (unpaired) electrons. The summed E-state index contributed by atoms with van der Waals surface area (Å²) in [6, 6.07) is 8.09. The Morgan fingerprint density at radius 3 is 2.21 bits per heavy atom. The third kappa shape index (κ3) is 9.04. The Balaban J connectivity index is 0.904. The Bertz CT molecular complexity index is 2370. The third-order valence-electron chi connectivity index (χ3n) is 11.8. The lowest BCUT2D eigenvalue weighted by molar-refractivity contribution is -0.385. The number of nitrogens with zero attached hydrogens (tertiary/aromatic N) is 5. The molecule has 2 aromatic carbocycles. The van der Waals surface area contributed by atoms with E-state index in [-0.39, 0.29) is 66.3 Å². The van der Waals surface area contributed by atoms with Crippen LogP contribution >= 0.6 is 21.6 Å². The molecule has 3 fully saturated rings. The molecular formula is C44H47N5O12S2. The van der Waals surface area contributed by atoms with Crippen LogP contribution in [0.4, 0.5) is 16.2 Å². The molecule has 63 heavy (non-hydrogen) atoms. The summed E-state index contributed by atoms with van der Waals surface area (Å²) >= 11 is 0. The Kier molecular flexibility index (Phi) is 12.6. The molecule has 1 aliphatic carbocycles. The van der Waals surface area contributed by atoms with Crippen molar-refractivity contribution >= 4 is 56.7 Å². The summed E-state index contributed by atoms with van der Waals surface area (Å²) in [5.74, 6) is 0.742. The van der Waals surface area contributed by atoms with Crippen molar-refractivity contribution in [3.05, 3.63) is 93.7 Å². The lowest BCUT2D eigenvalue weighted by Gasteiger charge is -2.32. The van der Waals surface area contributed by atoms with E-state index in [0.29, 0.717) is 72.9 Å². The number of benzene rings is 2. The number of rotatable bonds is 16. The summed E-state index contributed by atoms with van der Waals surface area (Å²) in [5, 5.41) is 23.4. The Morgan fingerprint density at radius 2 is 1.56 bits per heavy atom. The van der Waals surface area contributed by atoms with Gasteiger partial charge in [-0.15, -0.1) is 0 Å². The zero-order chi connectivity index (χ0) is 44.6. The molecule has 4 aliphatic heterocycles. The molecule has 332 valence electrons.